The molecule has 0 unspecified atom stereocenters. The van der Waals surface area contributed by atoms with Crippen molar-refractivity contribution in [2.45, 2.75) is 0 Å². The van der Waals surface area contributed by atoms with Crippen molar-refractivity contribution in [1.82, 2.24) is 9.13 Å². The van der Waals surface area contributed by atoms with Crippen LogP contribution in [-0.2, 0) is 0 Å². The molecule has 0 saturated heterocycles. The van der Waals surface area contributed by atoms with Gasteiger partial charge in [0.2, 0.25) is 0 Å². The smallest absolute Gasteiger partial charge is 0.0547 e. The lowest BCUT2D eigenvalue weighted by atomic mass is 9.95. The van der Waals surface area contributed by atoms with Gasteiger partial charge in [0.05, 0.1) is 33.4 Å². The van der Waals surface area contributed by atoms with Crippen LogP contribution in [0.15, 0.2) is 194 Å². The summed E-state index contributed by atoms with van der Waals surface area (Å²) in [5.74, 6) is 0. The number of rotatable bonds is 3. The van der Waals surface area contributed by atoms with E-state index in [1.54, 1.807) is 0 Å². The third-order valence-electron chi connectivity index (χ3n) is 11.7. The van der Waals surface area contributed by atoms with Crippen molar-refractivity contribution in [2.24, 2.45) is 0 Å². The van der Waals surface area contributed by atoms with Crippen molar-refractivity contribution in [1.29, 1.82) is 0 Å². The number of hydrogen-bond donors (Lipinski definition) is 0. The molecule has 10 aromatic carbocycles. The van der Waals surface area contributed by atoms with Gasteiger partial charge in [0.15, 0.2) is 0 Å². The van der Waals surface area contributed by atoms with E-state index in [1.165, 1.54) is 109 Å². The monoisotopic (exact) mass is 684 g/mol. The van der Waals surface area contributed by atoms with E-state index in [4.69, 9.17) is 0 Å². The first-order valence-corrected chi connectivity index (χ1v) is 18.7. The van der Waals surface area contributed by atoms with Gasteiger partial charge in [-0.15, -0.1) is 0 Å². The molecule has 0 aliphatic heterocycles. The van der Waals surface area contributed by atoms with E-state index in [9.17, 15) is 0 Å². The van der Waals surface area contributed by atoms with Crippen LogP contribution in [0.5, 0.6) is 0 Å². The van der Waals surface area contributed by atoms with Crippen LogP contribution < -0.4 is 0 Å². The summed E-state index contributed by atoms with van der Waals surface area (Å²) in [6.45, 7) is 0. The molecule has 0 aliphatic carbocycles. The molecule has 0 N–H and O–H groups in total. The minimum atomic E-state index is 1.20. The fraction of sp³-hybridized carbons (Fsp3) is 0. The first-order chi connectivity index (χ1) is 26.8. The van der Waals surface area contributed by atoms with Crippen LogP contribution in [0, 0.1) is 0 Å². The number of hydrogen-bond acceptors (Lipinski definition) is 0. The maximum absolute atomic E-state index is 2.46. The van der Waals surface area contributed by atoms with E-state index in [1.807, 2.05) is 0 Å². The summed E-state index contributed by atoms with van der Waals surface area (Å²) in [6, 6.07) is 71.6. The second-order valence-electron chi connectivity index (χ2n) is 14.5. The first-order valence-electron chi connectivity index (χ1n) is 18.7. The zero-order valence-corrected chi connectivity index (χ0v) is 29.4. The van der Waals surface area contributed by atoms with Gasteiger partial charge >= 0.3 is 0 Å². The number of benzene rings is 10. The molecular weight excluding hydrogens is 653 g/mol. The normalized spacial score (nSPS) is 12.1. The van der Waals surface area contributed by atoms with Crippen LogP contribution in [-0.4, -0.2) is 9.13 Å². The standard InChI is InChI=1S/C52H32N2/c1-3-15-39-33(11-1)13-9-21-45(39)53-47-19-7-5-17-41(47)51-43-31-37(25-23-35(43)27-29-49(51)53)38-26-24-36-28-30-50-52(44(36)32-38)42-18-6-8-20-48(42)54(50)46-22-10-14-34-12-2-4-16-40(34)46/h1-32H. The van der Waals surface area contributed by atoms with E-state index in [2.05, 4.69) is 203 Å². The fourth-order valence-corrected chi connectivity index (χ4v) is 9.26. The lowest BCUT2D eigenvalue weighted by Gasteiger charge is -2.12. The maximum Gasteiger partial charge on any atom is 0.0547 e. The molecule has 0 bridgehead atoms. The highest BCUT2D eigenvalue weighted by atomic mass is 15.0. The Morgan fingerprint density at radius 1 is 0.241 bits per heavy atom. The number of para-hydroxylation sites is 2. The SMILES string of the molecule is c1ccc2c(-n3c4ccccc4c4c5cc(-c6ccc7ccc8c(c7c6)c6ccccc6n8-c6cccc7ccccc67)ccc5ccc43)cccc2c1. The highest BCUT2D eigenvalue weighted by Crippen LogP contribution is 2.42. The van der Waals surface area contributed by atoms with Gasteiger partial charge in [-0.1, -0.05) is 146 Å². The van der Waals surface area contributed by atoms with Crippen LogP contribution in [0.25, 0.3) is 109 Å². The Balaban J connectivity index is 1.11. The average molecular weight is 685 g/mol. The molecule has 12 aromatic rings. The van der Waals surface area contributed by atoms with Gasteiger partial charge in [0, 0.05) is 32.3 Å². The van der Waals surface area contributed by atoms with E-state index >= 15 is 0 Å². The van der Waals surface area contributed by atoms with Gasteiger partial charge in [0.25, 0.3) is 0 Å². The van der Waals surface area contributed by atoms with Crippen molar-refractivity contribution in [3.63, 3.8) is 0 Å². The Labute approximate surface area is 311 Å². The minimum Gasteiger partial charge on any atom is -0.309 e. The summed E-state index contributed by atoms with van der Waals surface area (Å²) < 4.78 is 4.91. The molecule has 0 aliphatic rings. The maximum atomic E-state index is 2.46. The van der Waals surface area contributed by atoms with Crippen LogP contribution in [0.1, 0.15) is 0 Å². The van der Waals surface area contributed by atoms with Crippen molar-refractivity contribution >= 4 is 86.7 Å². The number of aromatic nitrogens is 2. The molecule has 250 valence electrons. The van der Waals surface area contributed by atoms with E-state index < -0.39 is 0 Å². The van der Waals surface area contributed by atoms with Crippen LogP contribution in [0.2, 0.25) is 0 Å². The summed E-state index contributed by atoms with van der Waals surface area (Å²) in [7, 11) is 0. The Bertz CT molecular complexity index is 3260. The summed E-state index contributed by atoms with van der Waals surface area (Å²) in [5, 5.41) is 15.1. The van der Waals surface area contributed by atoms with Crippen LogP contribution in [0.3, 0.4) is 0 Å². The van der Waals surface area contributed by atoms with Gasteiger partial charge < -0.3 is 9.13 Å². The van der Waals surface area contributed by atoms with E-state index in [0.29, 0.717) is 0 Å². The van der Waals surface area contributed by atoms with E-state index in [-0.39, 0.29) is 0 Å². The molecule has 54 heavy (non-hydrogen) atoms. The van der Waals surface area contributed by atoms with E-state index in [0.717, 1.165) is 0 Å². The zero-order chi connectivity index (χ0) is 35.3. The Morgan fingerprint density at radius 2 is 0.611 bits per heavy atom. The first kappa shape index (κ1) is 29.4. The summed E-state index contributed by atoms with van der Waals surface area (Å²) in [5.41, 5.74) is 9.72. The molecule has 0 amide bonds. The van der Waals surface area contributed by atoms with Crippen molar-refractivity contribution in [2.75, 3.05) is 0 Å². The van der Waals surface area contributed by atoms with Crippen molar-refractivity contribution in [3.05, 3.63) is 194 Å². The quantitative estimate of drug-likeness (QED) is 0.175. The minimum absolute atomic E-state index is 1.20. The highest BCUT2D eigenvalue weighted by Gasteiger charge is 2.19. The Kier molecular flexibility index (Phi) is 6.09. The molecule has 2 heteroatoms. The molecule has 0 atom stereocenters. The molecule has 2 nitrogen and oxygen atoms in total. The average Bonchev–Trinajstić information content (AvgIpc) is 3.76. The van der Waals surface area contributed by atoms with Gasteiger partial charge in [-0.2, -0.15) is 0 Å². The number of nitrogens with zero attached hydrogens (tertiary/aromatic N) is 2. The van der Waals surface area contributed by atoms with Gasteiger partial charge in [-0.3, -0.25) is 0 Å². The van der Waals surface area contributed by atoms with Gasteiger partial charge in [-0.25, -0.2) is 0 Å². The number of fused-ring (bicyclic) bond motifs is 12. The third-order valence-corrected chi connectivity index (χ3v) is 11.7. The lowest BCUT2D eigenvalue weighted by Crippen LogP contribution is -1.95. The Morgan fingerprint density at radius 3 is 1.09 bits per heavy atom. The molecule has 2 heterocycles. The molecule has 2 aromatic heterocycles. The predicted molar refractivity (Wildman–Crippen MR) is 231 cm³/mol. The van der Waals surface area contributed by atoms with Crippen molar-refractivity contribution in [3.8, 4) is 22.5 Å². The molecule has 0 fully saturated rings. The van der Waals surface area contributed by atoms with Crippen LogP contribution in [0.4, 0.5) is 0 Å². The summed E-state index contributed by atoms with van der Waals surface area (Å²) in [4.78, 5) is 0. The van der Waals surface area contributed by atoms with Gasteiger partial charge in [-0.05, 0) is 92.0 Å². The summed E-state index contributed by atoms with van der Waals surface area (Å²) in [6.07, 6.45) is 0. The lowest BCUT2D eigenvalue weighted by molar-refractivity contribution is 1.20. The third kappa shape index (κ3) is 4.11. The second kappa shape index (κ2) is 11.2. The predicted octanol–water partition coefficient (Wildman–Crippen LogP) is 14.2. The second-order valence-corrected chi connectivity index (χ2v) is 14.5. The zero-order valence-electron chi connectivity index (χ0n) is 29.4. The molecular formula is C52H32N2. The molecule has 0 saturated carbocycles. The summed E-state index contributed by atoms with van der Waals surface area (Å²) >= 11 is 0. The Hall–Kier alpha value is -7.16. The molecule has 0 spiro atoms. The topological polar surface area (TPSA) is 9.86 Å². The van der Waals surface area contributed by atoms with Gasteiger partial charge in [0.1, 0.15) is 0 Å². The van der Waals surface area contributed by atoms with Crippen molar-refractivity contribution < 1.29 is 0 Å². The van der Waals surface area contributed by atoms with Crippen LogP contribution >= 0.6 is 0 Å². The molecule has 12 rings (SSSR count). The fourth-order valence-electron chi connectivity index (χ4n) is 9.26. The highest BCUT2D eigenvalue weighted by molar-refractivity contribution is 6.24. The molecule has 0 radical (unpaired) electrons. The largest absolute Gasteiger partial charge is 0.309 e.